The van der Waals surface area contributed by atoms with E-state index in [0.29, 0.717) is 47.8 Å². The standard InChI is InChI=1S/C24H22BrCl2N3O2/c1-2-31-22-11-16(12-28-13-23-29-20-5-3-4-6-21(20)30-23)9-17(25)24(22)32-14-15-7-8-18(26)19(27)10-15/h3-11,28H,2,12-14H2,1H3,(H,29,30). The van der Waals surface area contributed by atoms with Crippen LogP contribution in [0.3, 0.4) is 0 Å². The second-order valence-corrected chi connectivity index (χ2v) is 8.85. The lowest BCUT2D eigenvalue weighted by molar-refractivity contribution is 0.267. The predicted octanol–water partition coefficient (Wildman–Crippen LogP) is 6.90. The second kappa shape index (κ2) is 10.6. The lowest BCUT2D eigenvalue weighted by atomic mass is 10.2. The van der Waals surface area contributed by atoms with Gasteiger partial charge in [-0.1, -0.05) is 41.4 Å². The van der Waals surface area contributed by atoms with E-state index in [1.54, 1.807) is 12.1 Å². The first-order valence-electron chi connectivity index (χ1n) is 10.2. The zero-order valence-corrected chi connectivity index (χ0v) is 20.5. The summed E-state index contributed by atoms with van der Waals surface area (Å²) in [5.41, 5.74) is 3.99. The van der Waals surface area contributed by atoms with Gasteiger partial charge in [-0.25, -0.2) is 4.98 Å². The van der Waals surface area contributed by atoms with Crippen LogP contribution < -0.4 is 14.8 Å². The molecule has 0 fully saturated rings. The first-order chi connectivity index (χ1) is 15.5. The van der Waals surface area contributed by atoms with Gasteiger partial charge < -0.3 is 19.8 Å². The number of nitrogens with zero attached hydrogens (tertiary/aromatic N) is 1. The van der Waals surface area contributed by atoms with E-state index in [4.69, 9.17) is 32.7 Å². The number of imidazole rings is 1. The summed E-state index contributed by atoms with van der Waals surface area (Å²) >= 11 is 15.7. The van der Waals surface area contributed by atoms with E-state index < -0.39 is 0 Å². The Hall–Kier alpha value is -2.25. The van der Waals surface area contributed by atoms with Crippen LogP contribution in [-0.4, -0.2) is 16.6 Å². The molecule has 0 aliphatic heterocycles. The van der Waals surface area contributed by atoms with E-state index in [1.165, 1.54) is 0 Å². The summed E-state index contributed by atoms with van der Waals surface area (Å²) in [6, 6.07) is 17.5. The molecule has 0 saturated heterocycles. The zero-order valence-electron chi connectivity index (χ0n) is 17.4. The zero-order chi connectivity index (χ0) is 22.5. The SMILES string of the molecule is CCOc1cc(CNCc2nc3ccccc3[nH]2)cc(Br)c1OCc1ccc(Cl)c(Cl)c1. The van der Waals surface area contributed by atoms with Gasteiger partial charge in [0.05, 0.1) is 38.7 Å². The number of para-hydroxylation sites is 2. The number of nitrogens with one attached hydrogen (secondary N) is 2. The molecule has 166 valence electrons. The number of aromatic nitrogens is 2. The number of hydrogen-bond donors (Lipinski definition) is 2. The number of halogens is 3. The van der Waals surface area contributed by atoms with Crippen LogP contribution >= 0.6 is 39.1 Å². The van der Waals surface area contributed by atoms with Crippen LogP contribution in [0.15, 0.2) is 59.1 Å². The van der Waals surface area contributed by atoms with Crippen LogP contribution in [0.25, 0.3) is 11.0 Å². The lowest BCUT2D eigenvalue weighted by Gasteiger charge is -2.16. The number of rotatable bonds is 9. The van der Waals surface area contributed by atoms with E-state index >= 15 is 0 Å². The second-order valence-electron chi connectivity index (χ2n) is 7.18. The molecule has 0 amide bonds. The molecule has 0 spiro atoms. The first kappa shape index (κ1) is 22.9. The van der Waals surface area contributed by atoms with Crippen molar-refractivity contribution in [1.29, 1.82) is 0 Å². The van der Waals surface area contributed by atoms with E-state index in [-0.39, 0.29) is 0 Å². The van der Waals surface area contributed by atoms with Crippen LogP contribution in [0.4, 0.5) is 0 Å². The van der Waals surface area contributed by atoms with Crippen LogP contribution in [0.1, 0.15) is 23.9 Å². The smallest absolute Gasteiger partial charge is 0.175 e. The van der Waals surface area contributed by atoms with Crippen LogP contribution in [0.2, 0.25) is 10.0 Å². The Balaban J connectivity index is 1.43. The van der Waals surface area contributed by atoms with Gasteiger partial charge in [-0.2, -0.15) is 0 Å². The van der Waals surface area contributed by atoms with Crippen molar-refractivity contribution in [3.05, 3.63) is 86.1 Å². The van der Waals surface area contributed by atoms with Crippen LogP contribution in [0.5, 0.6) is 11.5 Å². The van der Waals surface area contributed by atoms with Gasteiger partial charge >= 0.3 is 0 Å². The third-order valence-corrected chi connectivity index (χ3v) is 6.12. The maximum absolute atomic E-state index is 6.11. The molecule has 0 aliphatic rings. The van der Waals surface area contributed by atoms with Crippen molar-refractivity contribution in [2.24, 2.45) is 0 Å². The van der Waals surface area contributed by atoms with Gasteiger partial charge in [-0.15, -0.1) is 0 Å². The highest BCUT2D eigenvalue weighted by Gasteiger charge is 2.13. The summed E-state index contributed by atoms with van der Waals surface area (Å²) in [7, 11) is 0. The Morgan fingerprint density at radius 1 is 0.969 bits per heavy atom. The van der Waals surface area contributed by atoms with E-state index in [1.807, 2.05) is 49.4 Å². The fourth-order valence-corrected chi connectivity index (χ4v) is 4.25. The van der Waals surface area contributed by atoms with E-state index in [2.05, 4.69) is 31.2 Å². The molecule has 0 bridgehead atoms. The van der Waals surface area contributed by atoms with E-state index in [9.17, 15) is 0 Å². The normalized spacial score (nSPS) is 11.1. The van der Waals surface area contributed by atoms with Crippen molar-refractivity contribution in [2.45, 2.75) is 26.6 Å². The van der Waals surface area contributed by atoms with Crippen molar-refractivity contribution in [2.75, 3.05) is 6.61 Å². The van der Waals surface area contributed by atoms with Crippen molar-refractivity contribution >= 4 is 50.2 Å². The highest BCUT2D eigenvalue weighted by molar-refractivity contribution is 9.10. The molecular weight excluding hydrogens is 513 g/mol. The van der Waals surface area contributed by atoms with Crippen molar-refractivity contribution in [3.63, 3.8) is 0 Å². The summed E-state index contributed by atoms with van der Waals surface area (Å²) in [5.74, 6) is 2.23. The Morgan fingerprint density at radius 2 is 1.81 bits per heavy atom. The average molecular weight is 535 g/mol. The monoisotopic (exact) mass is 533 g/mol. The molecule has 1 heterocycles. The lowest BCUT2D eigenvalue weighted by Crippen LogP contribution is -2.14. The largest absolute Gasteiger partial charge is 0.490 e. The van der Waals surface area contributed by atoms with E-state index in [0.717, 1.165) is 32.5 Å². The summed E-state index contributed by atoms with van der Waals surface area (Å²) in [5, 5.41) is 4.45. The van der Waals surface area contributed by atoms with Crippen molar-refractivity contribution in [3.8, 4) is 11.5 Å². The molecule has 0 radical (unpaired) electrons. The Morgan fingerprint density at radius 3 is 2.59 bits per heavy atom. The minimum absolute atomic E-state index is 0.346. The summed E-state index contributed by atoms with van der Waals surface area (Å²) in [4.78, 5) is 7.93. The van der Waals surface area contributed by atoms with Gasteiger partial charge in [0.2, 0.25) is 0 Å². The molecule has 4 aromatic rings. The van der Waals surface area contributed by atoms with Gasteiger partial charge in [-0.3, -0.25) is 0 Å². The molecule has 3 aromatic carbocycles. The Labute approximate surface area is 205 Å². The van der Waals surface area contributed by atoms with Gasteiger partial charge in [0.1, 0.15) is 12.4 Å². The Bertz CT molecular complexity index is 1200. The van der Waals surface area contributed by atoms with Crippen molar-refractivity contribution in [1.82, 2.24) is 15.3 Å². The van der Waals surface area contributed by atoms with Gasteiger partial charge in [0.15, 0.2) is 11.5 Å². The first-order valence-corrected chi connectivity index (χ1v) is 11.7. The summed E-state index contributed by atoms with van der Waals surface area (Å²) in [6.45, 7) is 4.11. The highest BCUT2D eigenvalue weighted by atomic mass is 79.9. The maximum Gasteiger partial charge on any atom is 0.175 e. The van der Waals surface area contributed by atoms with Gasteiger partial charge in [0, 0.05) is 6.54 Å². The third-order valence-electron chi connectivity index (χ3n) is 4.80. The van der Waals surface area contributed by atoms with Gasteiger partial charge in [-0.05, 0) is 70.4 Å². The topological polar surface area (TPSA) is 59.2 Å². The highest BCUT2D eigenvalue weighted by Crippen LogP contribution is 2.37. The maximum atomic E-state index is 6.11. The number of aromatic amines is 1. The molecule has 5 nitrogen and oxygen atoms in total. The number of ether oxygens (including phenoxy) is 2. The van der Waals surface area contributed by atoms with Gasteiger partial charge in [0.25, 0.3) is 0 Å². The molecule has 4 rings (SSSR count). The summed E-state index contributed by atoms with van der Waals surface area (Å²) < 4.78 is 12.7. The number of benzene rings is 3. The molecule has 8 heteroatoms. The molecule has 32 heavy (non-hydrogen) atoms. The number of H-pyrrole nitrogens is 1. The molecule has 2 N–H and O–H groups in total. The molecular formula is C24H22BrCl2N3O2. The number of hydrogen-bond acceptors (Lipinski definition) is 4. The molecule has 0 aliphatic carbocycles. The minimum Gasteiger partial charge on any atom is -0.490 e. The molecule has 0 unspecified atom stereocenters. The minimum atomic E-state index is 0.346. The van der Waals surface area contributed by atoms with Crippen LogP contribution in [0, 0.1) is 0 Å². The fraction of sp³-hybridized carbons (Fsp3) is 0.208. The fourth-order valence-electron chi connectivity index (χ4n) is 3.33. The Kier molecular flexibility index (Phi) is 7.58. The molecule has 0 saturated carbocycles. The molecule has 1 aromatic heterocycles. The molecule has 0 atom stereocenters. The average Bonchev–Trinajstić information content (AvgIpc) is 3.18. The van der Waals surface area contributed by atoms with Crippen molar-refractivity contribution < 1.29 is 9.47 Å². The predicted molar refractivity (Wildman–Crippen MR) is 133 cm³/mol. The quantitative estimate of drug-likeness (QED) is 0.245. The third kappa shape index (κ3) is 5.56. The van der Waals surface area contributed by atoms with Crippen LogP contribution in [-0.2, 0) is 19.7 Å². The summed E-state index contributed by atoms with van der Waals surface area (Å²) in [6.07, 6.45) is 0. The number of fused-ring (bicyclic) bond motifs is 1.